The van der Waals surface area contributed by atoms with Gasteiger partial charge in [0.2, 0.25) is 0 Å². The molecule has 0 unspecified atom stereocenters. The Morgan fingerprint density at radius 3 is 2.79 bits per heavy atom. The number of likely N-dealkylation sites (tertiary alicyclic amines) is 1. The molecule has 1 aliphatic heterocycles. The second-order valence-electron chi connectivity index (χ2n) is 6.76. The van der Waals surface area contributed by atoms with E-state index in [1.54, 1.807) is 0 Å². The number of rotatable bonds is 6. The zero-order valence-corrected chi connectivity index (χ0v) is 14.6. The number of hydrogen-bond donors (Lipinski definition) is 1. The van der Waals surface area contributed by atoms with Crippen molar-refractivity contribution in [1.82, 2.24) is 4.90 Å². The molecule has 1 saturated heterocycles. The van der Waals surface area contributed by atoms with Gasteiger partial charge >= 0.3 is 6.09 Å². The standard InChI is InChI=1S/C20H28N2O2/c1-2-3-14-24-20(23)22-13-7-8-17(15-22)19(16-11-12-16)21-18-9-5-4-6-10-18/h4-6,9-10,17,21H,2-3,7-8,11-15H2,1H3/t17-/m1/s1. The largest absolute Gasteiger partial charge is 0.449 e. The van der Waals surface area contributed by atoms with Crippen molar-refractivity contribution in [3.63, 3.8) is 0 Å². The van der Waals surface area contributed by atoms with Crippen molar-refractivity contribution in [2.45, 2.75) is 45.4 Å². The molecule has 1 aromatic carbocycles. The third kappa shape index (κ3) is 4.53. The average Bonchev–Trinajstić information content (AvgIpc) is 3.46. The van der Waals surface area contributed by atoms with E-state index in [1.165, 1.54) is 24.1 Å². The number of nitrogens with zero attached hydrogens (tertiary/aromatic N) is 1. The van der Waals surface area contributed by atoms with Crippen LogP contribution in [0.15, 0.2) is 41.6 Å². The quantitative estimate of drug-likeness (QED) is 0.763. The van der Waals surface area contributed by atoms with Gasteiger partial charge in [0.25, 0.3) is 0 Å². The molecule has 1 heterocycles. The van der Waals surface area contributed by atoms with Crippen LogP contribution in [0.25, 0.3) is 0 Å². The second kappa shape index (κ2) is 8.22. The van der Waals surface area contributed by atoms with Gasteiger partial charge in [-0.25, -0.2) is 4.79 Å². The maximum Gasteiger partial charge on any atom is 0.409 e. The molecular weight excluding hydrogens is 300 g/mol. The lowest BCUT2D eigenvalue weighted by molar-refractivity contribution is 0.0871. The molecule has 0 spiro atoms. The summed E-state index contributed by atoms with van der Waals surface area (Å²) >= 11 is 0. The molecule has 3 rings (SSSR count). The van der Waals surface area contributed by atoms with Crippen LogP contribution in [-0.2, 0) is 4.74 Å². The van der Waals surface area contributed by atoms with Crippen LogP contribution in [0, 0.1) is 5.92 Å². The Labute approximate surface area is 144 Å². The summed E-state index contributed by atoms with van der Waals surface area (Å²) in [6.45, 7) is 4.22. The first-order chi connectivity index (χ1) is 11.8. The highest BCUT2D eigenvalue weighted by atomic mass is 16.6. The Morgan fingerprint density at radius 2 is 2.08 bits per heavy atom. The number of amides is 1. The number of nitrogens with one attached hydrogen (secondary N) is 1. The van der Waals surface area contributed by atoms with Gasteiger partial charge in [0, 0.05) is 30.4 Å². The minimum Gasteiger partial charge on any atom is -0.449 e. The molecule has 0 aromatic heterocycles. The molecule has 1 aromatic rings. The number of para-hydroxylation sites is 1. The van der Waals surface area contributed by atoms with Crippen molar-refractivity contribution < 1.29 is 9.53 Å². The lowest BCUT2D eigenvalue weighted by Gasteiger charge is -2.34. The fourth-order valence-electron chi connectivity index (χ4n) is 3.26. The molecule has 0 radical (unpaired) electrons. The fourth-order valence-corrected chi connectivity index (χ4v) is 3.26. The van der Waals surface area contributed by atoms with Crippen molar-refractivity contribution in [2.24, 2.45) is 5.92 Å². The number of carbonyl (C=O) groups is 1. The zero-order valence-electron chi connectivity index (χ0n) is 14.6. The van der Waals surface area contributed by atoms with E-state index in [-0.39, 0.29) is 6.09 Å². The van der Waals surface area contributed by atoms with Gasteiger partial charge in [-0.1, -0.05) is 31.5 Å². The normalized spacial score (nSPS) is 19.8. The Morgan fingerprint density at radius 1 is 1.29 bits per heavy atom. The summed E-state index contributed by atoms with van der Waals surface area (Å²) in [5.74, 6) is 0.398. The third-order valence-electron chi connectivity index (χ3n) is 4.74. The minimum absolute atomic E-state index is 0.145. The van der Waals surface area contributed by atoms with Crippen LogP contribution >= 0.6 is 0 Å². The average molecular weight is 328 g/mol. The van der Waals surface area contributed by atoms with Crippen molar-refractivity contribution in [1.29, 1.82) is 0 Å². The first-order valence-corrected chi connectivity index (χ1v) is 9.23. The van der Waals surface area contributed by atoms with Gasteiger partial charge in [0.15, 0.2) is 0 Å². The SMILES string of the molecule is CCCCOC(=O)N1CCC[C@@H](C(Nc2ccccc2)=C2CC2)C1. The zero-order chi connectivity index (χ0) is 16.8. The molecular formula is C20H28N2O2. The van der Waals surface area contributed by atoms with E-state index >= 15 is 0 Å². The smallest absolute Gasteiger partial charge is 0.409 e. The van der Waals surface area contributed by atoms with Crippen LogP contribution < -0.4 is 5.32 Å². The summed E-state index contributed by atoms with van der Waals surface area (Å²) in [5.41, 5.74) is 3.99. The molecule has 130 valence electrons. The Hall–Kier alpha value is -1.97. The van der Waals surface area contributed by atoms with Crippen LogP contribution in [0.3, 0.4) is 0 Å². The Bertz CT molecular complexity index is 577. The number of anilines is 1. The first-order valence-electron chi connectivity index (χ1n) is 9.23. The van der Waals surface area contributed by atoms with Crippen LogP contribution in [0.2, 0.25) is 0 Å². The summed E-state index contributed by atoms with van der Waals surface area (Å²) in [6.07, 6.45) is 6.39. The molecule has 1 amide bonds. The highest BCUT2D eigenvalue weighted by molar-refractivity contribution is 5.68. The van der Waals surface area contributed by atoms with Gasteiger partial charge in [-0.05, 0) is 49.8 Å². The lowest BCUT2D eigenvalue weighted by atomic mass is 9.94. The van der Waals surface area contributed by atoms with Gasteiger partial charge in [-0.15, -0.1) is 0 Å². The monoisotopic (exact) mass is 328 g/mol. The van der Waals surface area contributed by atoms with Crippen molar-refractivity contribution in [3.05, 3.63) is 41.6 Å². The number of allylic oxidation sites excluding steroid dienone is 1. The van der Waals surface area contributed by atoms with Crippen molar-refractivity contribution in [2.75, 3.05) is 25.0 Å². The topological polar surface area (TPSA) is 41.6 Å². The fraction of sp³-hybridized carbons (Fsp3) is 0.550. The molecule has 1 saturated carbocycles. The number of unbranched alkanes of at least 4 members (excludes halogenated alkanes) is 1. The predicted octanol–water partition coefficient (Wildman–Crippen LogP) is 4.80. The van der Waals surface area contributed by atoms with Crippen molar-refractivity contribution >= 4 is 11.8 Å². The van der Waals surface area contributed by atoms with Crippen molar-refractivity contribution in [3.8, 4) is 0 Å². The summed E-state index contributed by atoms with van der Waals surface area (Å²) in [7, 11) is 0. The number of hydrogen-bond acceptors (Lipinski definition) is 3. The van der Waals surface area contributed by atoms with E-state index < -0.39 is 0 Å². The molecule has 4 nitrogen and oxygen atoms in total. The predicted molar refractivity (Wildman–Crippen MR) is 96.9 cm³/mol. The van der Waals surface area contributed by atoms with E-state index in [1.807, 2.05) is 11.0 Å². The summed E-state index contributed by atoms with van der Waals surface area (Å²) in [6, 6.07) is 10.3. The third-order valence-corrected chi connectivity index (χ3v) is 4.74. The van der Waals surface area contributed by atoms with Crippen LogP contribution in [-0.4, -0.2) is 30.7 Å². The molecule has 4 heteroatoms. The molecule has 2 aliphatic rings. The molecule has 24 heavy (non-hydrogen) atoms. The second-order valence-corrected chi connectivity index (χ2v) is 6.76. The summed E-state index contributed by atoms with van der Waals surface area (Å²) in [4.78, 5) is 14.1. The maximum absolute atomic E-state index is 12.3. The number of benzene rings is 1. The number of piperidine rings is 1. The van der Waals surface area contributed by atoms with Gasteiger partial charge in [0.05, 0.1) is 6.61 Å². The molecule has 0 bridgehead atoms. The minimum atomic E-state index is -0.145. The van der Waals surface area contributed by atoms with E-state index in [4.69, 9.17) is 4.74 Å². The van der Waals surface area contributed by atoms with E-state index in [2.05, 4.69) is 36.5 Å². The van der Waals surface area contributed by atoms with Crippen LogP contribution in [0.5, 0.6) is 0 Å². The molecule has 1 aliphatic carbocycles. The van der Waals surface area contributed by atoms with E-state index in [0.29, 0.717) is 12.5 Å². The van der Waals surface area contributed by atoms with E-state index in [0.717, 1.165) is 44.5 Å². The number of ether oxygens (including phenoxy) is 1. The summed E-state index contributed by atoms with van der Waals surface area (Å²) < 4.78 is 5.39. The van der Waals surface area contributed by atoms with Gasteiger partial charge in [-0.2, -0.15) is 0 Å². The van der Waals surface area contributed by atoms with Gasteiger partial charge < -0.3 is 15.0 Å². The lowest BCUT2D eigenvalue weighted by Crippen LogP contribution is -2.41. The highest BCUT2D eigenvalue weighted by Crippen LogP contribution is 2.38. The molecule has 2 fully saturated rings. The van der Waals surface area contributed by atoms with Crippen LogP contribution in [0.4, 0.5) is 10.5 Å². The van der Waals surface area contributed by atoms with Gasteiger partial charge in [-0.3, -0.25) is 0 Å². The summed E-state index contributed by atoms with van der Waals surface area (Å²) in [5, 5.41) is 3.62. The maximum atomic E-state index is 12.3. The molecule has 1 atom stereocenters. The Balaban J connectivity index is 1.62. The van der Waals surface area contributed by atoms with Gasteiger partial charge in [0.1, 0.15) is 0 Å². The molecule has 1 N–H and O–H groups in total. The van der Waals surface area contributed by atoms with E-state index in [9.17, 15) is 4.79 Å². The number of carbonyl (C=O) groups excluding carboxylic acids is 1. The van der Waals surface area contributed by atoms with Crippen LogP contribution in [0.1, 0.15) is 45.4 Å². The Kier molecular flexibility index (Phi) is 5.78. The first kappa shape index (κ1) is 16.9. The highest BCUT2D eigenvalue weighted by Gasteiger charge is 2.31.